The first-order valence-corrected chi connectivity index (χ1v) is 9.84. The minimum absolute atomic E-state index is 0.0780. The Morgan fingerprint density at radius 1 is 0.917 bits per heavy atom. The Morgan fingerprint density at radius 2 is 1.50 bits per heavy atom. The van der Waals surface area contributed by atoms with E-state index in [0.717, 1.165) is 38.5 Å². The molecule has 3 rings (SSSR count). The van der Waals surface area contributed by atoms with Gasteiger partial charge in [-0.1, -0.05) is 12.8 Å². The lowest BCUT2D eigenvalue weighted by Gasteiger charge is -2.34. The van der Waals surface area contributed by atoms with E-state index in [1.165, 1.54) is 25.7 Å². The average Bonchev–Trinajstić information content (AvgIpc) is 3.31. The fourth-order valence-corrected chi connectivity index (χ4v) is 4.43. The van der Waals surface area contributed by atoms with Crippen LogP contribution in [0.3, 0.4) is 0 Å². The molecule has 0 spiro atoms. The molecule has 1 unspecified atom stereocenters. The second kappa shape index (κ2) is 7.42. The summed E-state index contributed by atoms with van der Waals surface area (Å²) in [6.45, 7) is 2.59. The van der Waals surface area contributed by atoms with Crippen LogP contribution < -0.4 is 16.4 Å². The van der Waals surface area contributed by atoms with Gasteiger partial charge in [0.2, 0.25) is 11.8 Å². The van der Waals surface area contributed by atoms with Crippen LogP contribution in [0, 0.1) is 17.8 Å². The van der Waals surface area contributed by atoms with Crippen LogP contribution in [0.15, 0.2) is 0 Å². The Balaban J connectivity index is 1.42. The van der Waals surface area contributed by atoms with Crippen molar-refractivity contribution < 1.29 is 9.59 Å². The third-order valence-corrected chi connectivity index (χ3v) is 6.48. The third-order valence-electron chi connectivity index (χ3n) is 6.48. The number of nitrogens with two attached hydrogens (primary N) is 1. The number of hydrogen-bond acceptors (Lipinski definition) is 3. The van der Waals surface area contributed by atoms with Crippen LogP contribution in [0.2, 0.25) is 0 Å². The molecule has 0 saturated heterocycles. The van der Waals surface area contributed by atoms with Crippen molar-refractivity contribution in [2.24, 2.45) is 23.5 Å². The van der Waals surface area contributed by atoms with Crippen LogP contribution in [0.4, 0.5) is 0 Å². The van der Waals surface area contributed by atoms with Gasteiger partial charge >= 0.3 is 0 Å². The number of hydrogen-bond donors (Lipinski definition) is 3. The fraction of sp³-hybridized carbons (Fsp3) is 0.895. The van der Waals surface area contributed by atoms with E-state index in [-0.39, 0.29) is 35.2 Å². The largest absolute Gasteiger partial charge is 0.353 e. The van der Waals surface area contributed by atoms with Gasteiger partial charge in [-0.05, 0) is 64.2 Å². The van der Waals surface area contributed by atoms with Gasteiger partial charge in [-0.15, -0.1) is 0 Å². The summed E-state index contributed by atoms with van der Waals surface area (Å²) in [5.41, 5.74) is 5.67. The molecule has 5 nitrogen and oxygen atoms in total. The highest BCUT2D eigenvalue weighted by atomic mass is 16.2. The van der Waals surface area contributed by atoms with Crippen molar-refractivity contribution in [1.82, 2.24) is 10.6 Å². The predicted molar refractivity (Wildman–Crippen MR) is 94.2 cm³/mol. The third kappa shape index (κ3) is 4.11. The van der Waals surface area contributed by atoms with Crippen molar-refractivity contribution in [2.45, 2.75) is 82.7 Å². The van der Waals surface area contributed by atoms with Gasteiger partial charge in [0.1, 0.15) is 0 Å². The maximum Gasteiger partial charge on any atom is 0.223 e. The summed E-state index contributed by atoms with van der Waals surface area (Å²) >= 11 is 0. The molecule has 3 aliphatic rings. The Bertz CT molecular complexity index is 463. The van der Waals surface area contributed by atoms with E-state index in [9.17, 15) is 9.59 Å². The molecule has 3 fully saturated rings. The number of carbonyl (C=O) groups is 2. The lowest BCUT2D eigenvalue weighted by molar-refractivity contribution is -0.128. The van der Waals surface area contributed by atoms with Crippen LogP contribution in [0.1, 0.15) is 71.1 Å². The number of carbonyl (C=O) groups excluding carboxylic acids is 2. The van der Waals surface area contributed by atoms with Crippen molar-refractivity contribution in [2.75, 3.05) is 6.54 Å². The van der Waals surface area contributed by atoms with Crippen molar-refractivity contribution in [1.29, 1.82) is 0 Å². The summed E-state index contributed by atoms with van der Waals surface area (Å²) in [6.07, 6.45) is 10.4. The Labute approximate surface area is 145 Å². The molecular weight excluding hydrogens is 302 g/mol. The summed E-state index contributed by atoms with van der Waals surface area (Å²) in [6, 6.07) is 0.256. The van der Waals surface area contributed by atoms with E-state index in [2.05, 4.69) is 17.6 Å². The maximum absolute atomic E-state index is 12.6. The van der Waals surface area contributed by atoms with Crippen LogP contribution >= 0.6 is 0 Å². The quantitative estimate of drug-likeness (QED) is 0.695. The van der Waals surface area contributed by atoms with Gasteiger partial charge in [-0.2, -0.15) is 0 Å². The van der Waals surface area contributed by atoms with Gasteiger partial charge in [0, 0.05) is 24.4 Å². The molecule has 0 bridgehead atoms. The second-order valence-corrected chi connectivity index (χ2v) is 8.42. The topological polar surface area (TPSA) is 84.2 Å². The van der Waals surface area contributed by atoms with Crippen LogP contribution in [-0.2, 0) is 9.59 Å². The zero-order valence-electron chi connectivity index (χ0n) is 15.0. The van der Waals surface area contributed by atoms with E-state index < -0.39 is 0 Å². The summed E-state index contributed by atoms with van der Waals surface area (Å²) in [4.78, 5) is 24.8. The lowest BCUT2D eigenvalue weighted by Crippen LogP contribution is -2.55. The van der Waals surface area contributed by atoms with Gasteiger partial charge in [0.05, 0.1) is 5.54 Å². The van der Waals surface area contributed by atoms with E-state index in [0.29, 0.717) is 12.5 Å². The highest BCUT2D eigenvalue weighted by Crippen LogP contribution is 2.39. The van der Waals surface area contributed by atoms with Gasteiger partial charge in [-0.25, -0.2) is 0 Å². The molecule has 0 aliphatic heterocycles. The molecule has 0 aromatic rings. The summed E-state index contributed by atoms with van der Waals surface area (Å²) in [5.74, 6) is 1.26. The highest BCUT2D eigenvalue weighted by Gasteiger charge is 2.42. The second-order valence-electron chi connectivity index (χ2n) is 8.42. The van der Waals surface area contributed by atoms with Gasteiger partial charge in [-0.3, -0.25) is 9.59 Å². The van der Waals surface area contributed by atoms with Gasteiger partial charge in [0.25, 0.3) is 0 Å². The van der Waals surface area contributed by atoms with Crippen LogP contribution in [-0.4, -0.2) is 29.9 Å². The molecule has 4 N–H and O–H groups in total. The fourth-order valence-electron chi connectivity index (χ4n) is 4.43. The average molecular weight is 335 g/mol. The molecule has 0 aromatic heterocycles. The smallest absolute Gasteiger partial charge is 0.223 e. The van der Waals surface area contributed by atoms with Crippen LogP contribution in [0.25, 0.3) is 0 Å². The minimum Gasteiger partial charge on any atom is -0.353 e. The first-order valence-electron chi connectivity index (χ1n) is 9.84. The summed E-state index contributed by atoms with van der Waals surface area (Å²) in [5, 5.41) is 6.44. The number of nitrogens with one attached hydrogen (secondary N) is 2. The normalized spacial score (nSPS) is 30.6. The Hall–Kier alpha value is -1.10. The maximum atomic E-state index is 12.6. The number of rotatable bonds is 6. The monoisotopic (exact) mass is 335 g/mol. The molecule has 0 aromatic carbocycles. The molecular formula is C19H33N3O2. The Morgan fingerprint density at radius 3 is 2.04 bits per heavy atom. The van der Waals surface area contributed by atoms with E-state index in [1.807, 2.05) is 0 Å². The minimum atomic E-state index is -0.232. The molecule has 0 heterocycles. The van der Waals surface area contributed by atoms with Crippen molar-refractivity contribution in [3.8, 4) is 0 Å². The molecule has 2 amide bonds. The van der Waals surface area contributed by atoms with Gasteiger partial charge < -0.3 is 16.4 Å². The summed E-state index contributed by atoms with van der Waals surface area (Å²) in [7, 11) is 0. The van der Waals surface area contributed by atoms with Gasteiger partial charge in [0.15, 0.2) is 0 Å². The highest BCUT2D eigenvalue weighted by molar-refractivity contribution is 5.80. The van der Waals surface area contributed by atoms with Crippen LogP contribution in [0.5, 0.6) is 0 Å². The molecule has 0 radical (unpaired) electrons. The van der Waals surface area contributed by atoms with Crippen molar-refractivity contribution in [3.63, 3.8) is 0 Å². The summed E-state index contributed by atoms with van der Waals surface area (Å²) < 4.78 is 0. The molecule has 24 heavy (non-hydrogen) atoms. The molecule has 3 aliphatic carbocycles. The Kier molecular flexibility index (Phi) is 5.48. The van der Waals surface area contributed by atoms with Crippen molar-refractivity contribution >= 4 is 11.8 Å². The molecule has 5 heteroatoms. The number of amides is 2. The molecule has 136 valence electrons. The van der Waals surface area contributed by atoms with E-state index in [4.69, 9.17) is 5.73 Å². The standard InChI is InChI=1S/C19H33N3O2/c1-19(12-20,15-8-9-15)22-18(24)14-6-10-16(11-7-14)21-17(23)13-4-2-3-5-13/h13-16H,2-12,20H2,1H3,(H,21,23)(H,22,24). The zero-order chi connectivity index (χ0) is 17.2. The van der Waals surface area contributed by atoms with Crippen molar-refractivity contribution in [3.05, 3.63) is 0 Å². The first-order chi connectivity index (χ1) is 11.5. The molecule has 1 atom stereocenters. The zero-order valence-corrected chi connectivity index (χ0v) is 15.0. The van der Waals surface area contributed by atoms with E-state index >= 15 is 0 Å². The lowest BCUT2D eigenvalue weighted by atomic mass is 9.84. The van der Waals surface area contributed by atoms with E-state index in [1.54, 1.807) is 0 Å². The first kappa shape index (κ1) is 17.7. The molecule has 3 saturated carbocycles. The predicted octanol–water partition coefficient (Wildman–Crippen LogP) is 2.10. The SMILES string of the molecule is CC(CN)(NC(=O)C1CCC(NC(=O)C2CCCC2)CC1)C1CC1.